The first-order chi connectivity index (χ1) is 7.85. The second kappa shape index (κ2) is 4.99. The van der Waals surface area contributed by atoms with E-state index in [-0.39, 0.29) is 6.04 Å². The molecular weight excluding hydrogens is 204 g/mol. The van der Waals surface area contributed by atoms with Gasteiger partial charge < -0.3 is 15.2 Å². The molecule has 1 aromatic rings. The predicted octanol–water partition coefficient (Wildman–Crippen LogP) is 1.51. The molecule has 86 valence electrons. The van der Waals surface area contributed by atoms with Gasteiger partial charge in [-0.15, -0.1) is 0 Å². The molecule has 1 heterocycles. The molecule has 2 N–H and O–H groups in total. The molecule has 1 aromatic carbocycles. The van der Waals surface area contributed by atoms with Crippen LogP contribution in [0.15, 0.2) is 29.3 Å². The molecule has 0 saturated carbocycles. The van der Waals surface area contributed by atoms with Crippen LogP contribution in [0.5, 0.6) is 5.75 Å². The largest absolute Gasteiger partial charge is 0.496 e. The zero-order valence-electron chi connectivity index (χ0n) is 9.35. The maximum Gasteiger partial charge on any atom is 0.185 e. The highest BCUT2D eigenvalue weighted by molar-refractivity contribution is 5.78. The third-order valence-corrected chi connectivity index (χ3v) is 2.56. The number of ether oxygens (including phenoxy) is 2. The number of rotatable bonds is 4. The van der Waals surface area contributed by atoms with E-state index in [9.17, 15) is 0 Å². The van der Waals surface area contributed by atoms with Crippen LogP contribution < -0.4 is 10.5 Å². The minimum absolute atomic E-state index is 0.0395. The molecular formula is C12H16N2O2. The number of nitrogens with two attached hydrogens (primary N) is 1. The van der Waals surface area contributed by atoms with E-state index in [1.54, 1.807) is 7.11 Å². The van der Waals surface area contributed by atoms with Crippen molar-refractivity contribution in [1.82, 2.24) is 0 Å². The average molecular weight is 220 g/mol. The van der Waals surface area contributed by atoms with Crippen LogP contribution >= 0.6 is 0 Å². The van der Waals surface area contributed by atoms with Gasteiger partial charge in [0.15, 0.2) is 5.90 Å². The van der Waals surface area contributed by atoms with Crippen LogP contribution in [-0.2, 0) is 4.74 Å². The first kappa shape index (κ1) is 11.0. The fraction of sp³-hybridized carbons (Fsp3) is 0.417. The SMILES string of the molecule is COc1ccccc1C1COC(CCN)=N1. The van der Waals surface area contributed by atoms with Crippen LogP contribution in [0, 0.1) is 0 Å². The molecule has 0 radical (unpaired) electrons. The molecule has 16 heavy (non-hydrogen) atoms. The summed E-state index contributed by atoms with van der Waals surface area (Å²) in [6.07, 6.45) is 0.700. The summed E-state index contributed by atoms with van der Waals surface area (Å²) in [6.45, 7) is 1.15. The van der Waals surface area contributed by atoms with Crippen molar-refractivity contribution in [3.05, 3.63) is 29.8 Å². The van der Waals surface area contributed by atoms with Gasteiger partial charge in [-0.1, -0.05) is 18.2 Å². The van der Waals surface area contributed by atoms with Crippen LogP contribution in [-0.4, -0.2) is 26.2 Å². The van der Waals surface area contributed by atoms with Crippen LogP contribution in [0.3, 0.4) is 0 Å². The van der Waals surface area contributed by atoms with E-state index >= 15 is 0 Å². The summed E-state index contributed by atoms with van der Waals surface area (Å²) in [5.74, 6) is 1.60. The van der Waals surface area contributed by atoms with Crippen molar-refractivity contribution in [3.8, 4) is 5.75 Å². The molecule has 0 aromatic heterocycles. The smallest absolute Gasteiger partial charge is 0.185 e. The van der Waals surface area contributed by atoms with Gasteiger partial charge >= 0.3 is 0 Å². The van der Waals surface area contributed by atoms with Crippen LogP contribution in [0.25, 0.3) is 0 Å². The molecule has 0 saturated heterocycles. The van der Waals surface area contributed by atoms with Gasteiger partial charge in [-0.2, -0.15) is 0 Å². The summed E-state index contributed by atoms with van der Waals surface area (Å²) < 4.78 is 10.8. The van der Waals surface area contributed by atoms with Gasteiger partial charge in [0.1, 0.15) is 18.4 Å². The first-order valence-corrected chi connectivity index (χ1v) is 5.37. The number of aliphatic imine (C=N–C) groups is 1. The Balaban J connectivity index is 2.19. The lowest BCUT2D eigenvalue weighted by atomic mass is 10.1. The Labute approximate surface area is 95.1 Å². The van der Waals surface area contributed by atoms with Crippen molar-refractivity contribution in [2.45, 2.75) is 12.5 Å². The molecule has 2 rings (SSSR count). The molecule has 4 nitrogen and oxygen atoms in total. The zero-order chi connectivity index (χ0) is 11.4. The maximum absolute atomic E-state index is 5.47. The third-order valence-electron chi connectivity index (χ3n) is 2.56. The molecule has 1 unspecified atom stereocenters. The monoisotopic (exact) mass is 220 g/mol. The van der Waals surface area contributed by atoms with Crippen molar-refractivity contribution in [3.63, 3.8) is 0 Å². The van der Waals surface area contributed by atoms with E-state index in [4.69, 9.17) is 15.2 Å². The summed E-state index contributed by atoms with van der Waals surface area (Å²) >= 11 is 0. The zero-order valence-corrected chi connectivity index (χ0v) is 9.35. The normalized spacial score (nSPS) is 19.1. The number of hydrogen-bond acceptors (Lipinski definition) is 4. The van der Waals surface area contributed by atoms with Gasteiger partial charge in [-0.3, -0.25) is 0 Å². The molecule has 0 amide bonds. The molecule has 1 atom stereocenters. The van der Waals surface area contributed by atoms with E-state index in [2.05, 4.69) is 4.99 Å². The Hall–Kier alpha value is -1.55. The highest BCUT2D eigenvalue weighted by Crippen LogP contribution is 2.30. The molecule has 0 spiro atoms. The fourth-order valence-corrected chi connectivity index (χ4v) is 1.78. The average Bonchev–Trinajstić information content (AvgIpc) is 2.78. The lowest BCUT2D eigenvalue weighted by molar-refractivity contribution is 0.308. The number of methoxy groups -OCH3 is 1. The van der Waals surface area contributed by atoms with Gasteiger partial charge in [-0.05, 0) is 6.07 Å². The maximum atomic E-state index is 5.47. The van der Waals surface area contributed by atoms with Crippen LogP contribution in [0.2, 0.25) is 0 Å². The second-order valence-corrected chi connectivity index (χ2v) is 3.63. The van der Waals surface area contributed by atoms with E-state index in [1.807, 2.05) is 24.3 Å². The minimum atomic E-state index is 0.0395. The summed E-state index contributed by atoms with van der Waals surface area (Å²) in [5, 5.41) is 0. The summed E-state index contributed by atoms with van der Waals surface area (Å²) in [7, 11) is 1.67. The summed E-state index contributed by atoms with van der Waals surface area (Å²) in [4.78, 5) is 4.49. The standard InChI is InChI=1S/C12H16N2O2/c1-15-11-5-3-2-4-9(11)10-8-16-12(14-10)6-7-13/h2-5,10H,6-8,13H2,1H3. The molecule has 0 fully saturated rings. The number of hydrogen-bond donors (Lipinski definition) is 1. The predicted molar refractivity (Wildman–Crippen MR) is 62.8 cm³/mol. The molecule has 4 heteroatoms. The molecule has 0 bridgehead atoms. The second-order valence-electron chi connectivity index (χ2n) is 3.63. The minimum Gasteiger partial charge on any atom is -0.496 e. The third kappa shape index (κ3) is 2.17. The topological polar surface area (TPSA) is 56.8 Å². The first-order valence-electron chi connectivity index (χ1n) is 5.37. The van der Waals surface area contributed by atoms with Gasteiger partial charge in [0, 0.05) is 18.5 Å². The van der Waals surface area contributed by atoms with Crippen molar-refractivity contribution in [2.75, 3.05) is 20.3 Å². The van der Waals surface area contributed by atoms with E-state index in [0.717, 1.165) is 17.2 Å². The quantitative estimate of drug-likeness (QED) is 0.836. The number of nitrogens with zero attached hydrogens (tertiary/aromatic N) is 1. The van der Waals surface area contributed by atoms with Gasteiger partial charge in [0.2, 0.25) is 0 Å². The Bertz CT molecular complexity index is 390. The molecule has 1 aliphatic heterocycles. The van der Waals surface area contributed by atoms with E-state index in [1.165, 1.54) is 0 Å². The van der Waals surface area contributed by atoms with Crippen molar-refractivity contribution < 1.29 is 9.47 Å². The number of para-hydroxylation sites is 1. The van der Waals surface area contributed by atoms with E-state index in [0.29, 0.717) is 19.6 Å². The Morgan fingerprint density at radius 1 is 1.50 bits per heavy atom. The van der Waals surface area contributed by atoms with Crippen molar-refractivity contribution >= 4 is 5.90 Å². The highest BCUT2D eigenvalue weighted by atomic mass is 16.5. The van der Waals surface area contributed by atoms with Crippen LogP contribution in [0.1, 0.15) is 18.0 Å². The lowest BCUT2D eigenvalue weighted by Gasteiger charge is -2.10. The van der Waals surface area contributed by atoms with Gasteiger partial charge in [0.05, 0.1) is 7.11 Å². The summed E-state index contributed by atoms with van der Waals surface area (Å²) in [5.41, 5.74) is 6.53. The van der Waals surface area contributed by atoms with Gasteiger partial charge in [-0.25, -0.2) is 4.99 Å². The Kier molecular flexibility index (Phi) is 3.41. The molecule has 1 aliphatic rings. The van der Waals surface area contributed by atoms with Gasteiger partial charge in [0.25, 0.3) is 0 Å². The summed E-state index contributed by atoms with van der Waals surface area (Å²) in [6, 6.07) is 7.92. The highest BCUT2D eigenvalue weighted by Gasteiger charge is 2.22. The number of benzene rings is 1. The van der Waals surface area contributed by atoms with Crippen molar-refractivity contribution in [1.29, 1.82) is 0 Å². The Morgan fingerprint density at radius 2 is 2.31 bits per heavy atom. The Morgan fingerprint density at radius 3 is 3.06 bits per heavy atom. The van der Waals surface area contributed by atoms with Crippen LogP contribution in [0.4, 0.5) is 0 Å². The molecule has 0 aliphatic carbocycles. The van der Waals surface area contributed by atoms with Crippen molar-refractivity contribution in [2.24, 2.45) is 10.7 Å². The fourth-order valence-electron chi connectivity index (χ4n) is 1.78. The van der Waals surface area contributed by atoms with E-state index < -0.39 is 0 Å². The lowest BCUT2D eigenvalue weighted by Crippen LogP contribution is -2.07.